The van der Waals surface area contributed by atoms with Gasteiger partial charge in [0.05, 0.1) is 12.1 Å². The molecule has 92 valence electrons. The van der Waals surface area contributed by atoms with Crippen molar-refractivity contribution in [3.05, 3.63) is 52.8 Å². The SMILES string of the molecule is COc1ccc(-c2cc(F)ccc2C=O)c(Cl)c1. The normalized spacial score (nSPS) is 10.2. The Bertz CT molecular complexity index is 596. The second-order valence-electron chi connectivity index (χ2n) is 3.70. The van der Waals surface area contributed by atoms with Crippen molar-refractivity contribution in [1.82, 2.24) is 0 Å². The average Bonchev–Trinajstić information content (AvgIpc) is 2.38. The molecule has 0 heterocycles. The Kier molecular flexibility index (Phi) is 3.63. The lowest BCUT2D eigenvalue weighted by Crippen LogP contribution is -1.91. The smallest absolute Gasteiger partial charge is 0.150 e. The zero-order chi connectivity index (χ0) is 13.1. The van der Waals surface area contributed by atoms with Gasteiger partial charge < -0.3 is 4.74 Å². The first-order valence-corrected chi connectivity index (χ1v) is 5.62. The average molecular weight is 265 g/mol. The molecule has 0 saturated heterocycles. The highest BCUT2D eigenvalue weighted by atomic mass is 35.5. The Balaban J connectivity index is 2.61. The fraction of sp³-hybridized carbons (Fsp3) is 0.0714. The van der Waals surface area contributed by atoms with E-state index >= 15 is 0 Å². The number of aldehydes is 1. The molecule has 2 nitrogen and oxygen atoms in total. The van der Waals surface area contributed by atoms with Crippen molar-refractivity contribution in [2.45, 2.75) is 0 Å². The number of hydrogen-bond donors (Lipinski definition) is 0. The number of ether oxygens (including phenoxy) is 1. The Labute approximate surface area is 109 Å². The first-order chi connectivity index (χ1) is 8.65. The van der Waals surface area contributed by atoms with Crippen LogP contribution in [0.5, 0.6) is 5.75 Å². The molecule has 2 aromatic rings. The molecule has 18 heavy (non-hydrogen) atoms. The van der Waals surface area contributed by atoms with Gasteiger partial charge in [0.2, 0.25) is 0 Å². The second kappa shape index (κ2) is 5.19. The van der Waals surface area contributed by atoms with E-state index < -0.39 is 5.82 Å². The van der Waals surface area contributed by atoms with E-state index in [9.17, 15) is 9.18 Å². The van der Waals surface area contributed by atoms with Gasteiger partial charge in [0.15, 0.2) is 6.29 Å². The van der Waals surface area contributed by atoms with Crippen LogP contribution in [0.3, 0.4) is 0 Å². The molecule has 0 spiro atoms. The summed E-state index contributed by atoms with van der Waals surface area (Å²) >= 11 is 6.11. The van der Waals surface area contributed by atoms with Gasteiger partial charge in [-0.2, -0.15) is 0 Å². The molecule has 0 aliphatic rings. The van der Waals surface area contributed by atoms with Crippen LogP contribution in [-0.2, 0) is 0 Å². The Hall–Kier alpha value is -1.87. The van der Waals surface area contributed by atoms with Gasteiger partial charge in [0.25, 0.3) is 0 Å². The zero-order valence-electron chi connectivity index (χ0n) is 9.61. The molecule has 0 radical (unpaired) electrons. The van der Waals surface area contributed by atoms with Crippen LogP contribution >= 0.6 is 11.6 Å². The Morgan fingerprint density at radius 2 is 1.94 bits per heavy atom. The zero-order valence-corrected chi connectivity index (χ0v) is 10.4. The molecule has 0 N–H and O–H groups in total. The highest BCUT2D eigenvalue weighted by molar-refractivity contribution is 6.33. The molecule has 0 aromatic heterocycles. The molecular formula is C14H10ClFO2. The molecule has 0 saturated carbocycles. The van der Waals surface area contributed by atoms with E-state index in [-0.39, 0.29) is 0 Å². The lowest BCUT2D eigenvalue weighted by Gasteiger charge is -2.09. The van der Waals surface area contributed by atoms with E-state index in [2.05, 4.69) is 0 Å². The van der Waals surface area contributed by atoms with E-state index in [1.165, 1.54) is 25.3 Å². The van der Waals surface area contributed by atoms with Crippen LogP contribution in [0.15, 0.2) is 36.4 Å². The maximum atomic E-state index is 13.3. The summed E-state index contributed by atoms with van der Waals surface area (Å²) < 4.78 is 18.3. The van der Waals surface area contributed by atoms with Gasteiger partial charge in [-0.05, 0) is 42.0 Å². The molecule has 0 aliphatic carbocycles. The molecule has 0 unspecified atom stereocenters. The molecule has 2 aromatic carbocycles. The number of halogens is 2. The summed E-state index contributed by atoms with van der Waals surface area (Å²) in [6, 6.07) is 8.99. The summed E-state index contributed by atoms with van der Waals surface area (Å²) in [5.41, 5.74) is 1.46. The third-order valence-electron chi connectivity index (χ3n) is 2.61. The highest BCUT2D eigenvalue weighted by Gasteiger charge is 2.10. The van der Waals surface area contributed by atoms with Crippen molar-refractivity contribution in [2.24, 2.45) is 0 Å². The lowest BCUT2D eigenvalue weighted by molar-refractivity contribution is 0.112. The molecule has 4 heteroatoms. The second-order valence-corrected chi connectivity index (χ2v) is 4.10. The third-order valence-corrected chi connectivity index (χ3v) is 2.92. The first-order valence-electron chi connectivity index (χ1n) is 5.24. The van der Waals surface area contributed by atoms with E-state index in [1.807, 2.05) is 0 Å². The summed E-state index contributed by atoms with van der Waals surface area (Å²) in [6.45, 7) is 0. The summed E-state index contributed by atoms with van der Waals surface area (Å²) in [5.74, 6) is 0.190. The number of hydrogen-bond acceptors (Lipinski definition) is 2. The van der Waals surface area contributed by atoms with Crippen LogP contribution in [0.25, 0.3) is 11.1 Å². The molecule has 0 atom stereocenters. The topological polar surface area (TPSA) is 26.3 Å². The van der Waals surface area contributed by atoms with Gasteiger partial charge in [-0.25, -0.2) is 4.39 Å². The predicted octanol–water partition coefficient (Wildman–Crippen LogP) is 3.97. The van der Waals surface area contributed by atoms with E-state index in [1.54, 1.807) is 18.2 Å². The van der Waals surface area contributed by atoms with Crippen molar-refractivity contribution >= 4 is 17.9 Å². The molecule has 0 aliphatic heterocycles. The van der Waals surface area contributed by atoms with Gasteiger partial charge in [0, 0.05) is 11.1 Å². The fourth-order valence-corrected chi connectivity index (χ4v) is 1.98. The molecule has 0 amide bonds. The Morgan fingerprint density at radius 3 is 2.56 bits per heavy atom. The number of methoxy groups -OCH3 is 1. The van der Waals surface area contributed by atoms with Gasteiger partial charge >= 0.3 is 0 Å². The fourth-order valence-electron chi connectivity index (χ4n) is 1.71. The molecular weight excluding hydrogens is 255 g/mol. The largest absolute Gasteiger partial charge is 0.497 e. The molecule has 0 bridgehead atoms. The third kappa shape index (κ3) is 2.36. The summed E-state index contributed by atoms with van der Waals surface area (Å²) in [4.78, 5) is 11.0. The van der Waals surface area contributed by atoms with Crippen molar-refractivity contribution in [1.29, 1.82) is 0 Å². The van der Waals surface area contributed by atoms with Crippen molar-refractivity contribution in [2.75, 3.05) is 7.11 Å². The minimum Gasteiger partial charge on any atom is -0.497 e. The minimum absolute atomic E-state index is 0.392. The van der Waals surface area contributed by atoms with Gasteiger partial charge in [-0.1, -0.05) is 11.6 Å². The highest BCUT2D eigenvalue weighted by Crippen LogP contribution is 2.33. The van der Waals surface area contributed by atoms with Gasteiger partial charge in [-0.3, -0.25) is 4.79 Å². The molecule has 0 fully saturated rings. The lowest BCUT2D eigenvalue weighted by atomic mass is 10.00. The number of carbonyl (C=O) groups excluding carboxylic acids is 1. The van der Waals surface area contributed by atoms with Crippen LogP contribution in [-0.4, -0.2) is 13.4 Å². The maximum Gasteiger partial charge on any atom is 0.150 e. The van der Waals surface area contributed by atoms with Gasteiger partial charge in [0.1, 0.15) is 11.6 Å². The van der Waals surface area contributed by atoms with E-state index in [0.29, 0.717) is 33.7 Å². The quantitative estimate of drug-likeness (QED) is 0.784. The van der Waals surface area contributed by atoms with Crippen LogP contribution < -0.4 is 4.74 Å². The maximum absolute atomic E-state index is 13.3. The van der Waals surface area contributed by atoms with Crippen LogP contribution in [0, 0.1) is 5.82 Å². The first kappa shape index (κ1) is 12.6. The van der Waals surface area contributed by atoms with Crippen LogP contribution in [0.4, 0.5) is 4.39 Å². The van der Waals surface area contributed by atoms with Crippen molar-refractivity contribution in [3.8, 4) is 16.9 Å². The van der Waals surface area contributed by atoms with Crippen molar-refractivity contribution in [3.63, 3.8) is 0 Å². The standard InChI is InChI=1S/C14H10ClFO2/c1-18-11-4-5-12(14(15)7-11)13-6-10(16)3-2-9(13)8-17/h2-8H,1H3. The number of carbonyl (C=O) groups is 1. The van der Waals surface area contributed by atoms with E-state index in [4.69, 9.17) is 16.3 Å². The summed E-state index contributed by atoms with van der Waals surface area (Å²) in [6.07, 6.45) is 0.676. The van der Waals surface area contributed by atoms with E-state index in [0.717, 1.165) is 0 Å². The summed E-state index contributed by atoms with van der Waals surface area (Å²) in [5, 5.41) is 0.406. The number of rotatable bonds is 3. The van der Waals surface area contributed by atoms with Crippen LogP contribution in [0.1, 0.15) is 10.4 Å². The molecule has 2 rings (SSSR count). The monoisotopic (exact) mass is 264 g/mol. The number of benzene rings is 2. The van der Waals surface area contributed by atoms with Crippen LogP contribution in [0.2, 0.25) is 5.02 Å². The summed E-state index contributed by atoms with van der Waals surface area (Å²) in [7, 11) is 1.53. The minimum atomic E-state index is -0.414. The Morgan fingerprint density at radius 1 is 1.17 bits per heavy atom. The van der Waals surface area contributed by atoms with Crippen molar-refractivity contribution < 1.29 is 13.9 Å². The predicted molar refractivity (Wildman–Crippen MR) is 68.8 cm³/mol. The van der Waals surface area contributed by atoms with Gasteiger partial charge in [-0.15, -0.1) is 0 Å².